The van der Waals surface area contributed by atoms with Crippen molar-refractivity contribution < 1.29 is 22.7 Å². The number of fused-ring (bicyclic) bond motifs is 1. The van der Waals surface area contributed by atoms with E-state index in [1.54, 1.807) is 19.4 Å². The van der Waals surface area contributed by atoms with Gasteiger partial charge in [0.05, 0.1) is 23.6 Å². The standard InChI is InChI=1S/C25H20F3N3O2/c1-14-6-7-15(11-22(32)16-4-3-5-17(12-16)25(26,27)28)10-19(14)18-8-9-21-20(23(18)33-2)13-30-24(29)31-21/h3-10,12-13H,11H2,1-2H3,(H2,29,30,31). The van der Waals surface area contributed by atoms with E-state index in [0.717, 1.165) is 28.8 Å². The van der Waals surface area contributed by atoms with E-state index in [4.69, 9.17) is 10.5 Å². The Bertz CT molecular complexity index is 1370. The number of nitrogens with zero attached hydrogens (tertiary/aromatic N) is 2. The van der Waals surface area contributed by atoms with Crippen molar-refractivity contribution in [1.29, 1.82) is 0 Å². The lowest BCUT2D eigenvalue weighted by Crippen LogP contribution is -2.09. The molecule has 168 valence electrons. The highest BCUT2D eigenvalue weighted by atomic mass is 19.4. The highest BCUT2D eigenvalue weighted by Crippen LogP contribution is 2.38. The molecule has 0 saturated carbocycles. The molecule has 0 aliphatic carbocycles. The maximum Gasteiger partial charge on any atom is 0.416 e. The average molecular weight is 451 g/mol. The summed E-state index contributed by atoms with van der Waals surface area (Å²) < 4.78 is 44.7. The summed E-state index contributed by atoms with van der Waals surface area (Å²) in [6.07, 6.45) is -2.95. The fourth-order valence-corrected chi connectivity index (χ4v) is 3.75. The molecular formula is C25H20F3N3O2. The SMILES string of the molecule is COc1c(-c2cc(CC(=O)c3cccc(C(F)(F)F)c3)ccc2C)ccc2nc(N)ncc12. The minimum absolute atomic E-state index is 0.0185. The molecule has 8 heteroatoms. The number of Topliss-reactive ketones (excluding diaryl/α,β-unsaturated/α-hetero) is 1. The number of halogens is 3. The first-order valence-electron chi connectivity index (χ1n) is 10.1. The second-order valence-corrected chi connectivity index (χ2v) is 7.64. The van der Waals surface area contributed by atoms with Gasteiger partial charge in [0.25, 0.3) is 0 Å². The van der Waals surface area contributed by atoms with Gasteiger partial charge in [0.2, 0.25) is 5.95 Å². The van der Waals surface area contributed by atoms with Crippen LogP contribution in [-0.2, 0) is 12.6 Å². The van der Waals surface area contributed by atoms with Crippen LogP contribution in [0.15, 0.2) is 60.8 Å². The van der Waals surface area contributed by atoms with E-state index in [0.29, 0.717) is 22.2 Å². The maximum absolute atomic E-state index is 13.0. The van der Waals surface area contributed by atoms with Crippen molar-refractivity contribution in [3.05, 3.63) is 83.0 Å². The Hall–Kier alpha value is -3.94. The molecule has 4 aromatic rings. The number of rotatable bonds is 5. The van der Waals surface area contributed by atoms with E-state index in [9.17, 15) is 18.0 Å². The van der Waals surface area contributed by atoms with Crippen molar-refractivity contribution in [2.24, 2.45) is 0 Å². The quantitative estimate of drug-likeness (QED) is 0.397. The van der Waals surface area contributed by atoms with E-state index < -0.39 is 17.5 Å². The molecule has 4 rings (SSSR count). The van der Waals surface area contributed by atoms with Crippen LogP contribution < -0.4 is 10.5 Å². The molecule has 33 heavy (non-hydrogen) atoms. The summed E-state index contributed by atoms with van der Waals surface area (Å²) >= 11 is 0. The first kappa shape index (κ1) is 22.3. The first-order chi connectivity index (χ1) is 15.7. The summed E-state index contributed by atoms with van der Waals surface area (Å²) in [5.41, 5.74) is 8.72. The zero-order valence-corrected chi connectivity index (χ0v) is 17.9. The lowest BCUT2D eigenvalue weighted by molar-refractivity contribution is -0.137. The molecule has 2 N–H and O–H groups in total. The van der Waals surface area contributed by atoms with Crippen molar-refractivity contribution in [1.82, 2.24) is 9.97 Å². The number of methoxy groups -OCH3 is 1. The number of hydrogen-bond donors (Lipinski definition) is 1. The van der Waals surface area contributed by atoms with E-state index >= 15 is 0 Å². The molecule has 0 saturated heterocycles. The van der Waals surface area contributed by atoms with Gasteiger partial charge in [-0.25, -0.2) is 9.97 Å². The van der Waals surface area contributed by atoms with Gasteiger partial charge in [-0.1, -0.05) is 30.3 Å². The van der Waals surface area contributed by atoms with Gasteiger partial charge in [-0.15, -0.1) is 0 Å². The van der Waals surface area contributed by atoms with Crippen LogP contribution >= 0.6 is 0 Å². The Labute approximate surface area is 188 Å². The van der Waals surface area contributed by atoms with Crippen LogP contribution in [0.4, 0.5) is 19.1 Å². The third-order valence-corrected chi connectivity index (χ3v) is 5.41. The molecule has 1 heterocycles. The molecule has 0 aliphatic rings. The van der Waals surface area contributed by atoms with Crippen LogP contribution in [0.3, 0.4) is 0 Å². The number of ether oxygens (including phenoxy) is 1. The number of alkyl halides is 3. The fourth-order valence-electron chi connectivity index (χ4n) is 3.75. The van der Waals surface area contributed by atoms with Crippen molar-refractivity contribution in [3.63, 3.8) is 0 Å². The maximum atomic E-state index is 13.0. The molecule has 0 atom stereocenters. The summed E-state index contributed by atoms with van der Waals surface area (Å²) in [6, 6.07) is 13.6. The summed E-state index contributed by atoms with van der Waals surface area (Å²) in [6.45, 7) is 1.93. The van der Waals surface area contributed by atoms with Crippen LogP contribution in [0, 0.1) is 6.92 Å². The normalized spacial score (nSPS) is 11.5. The van der Waals surface area contributed by atoms with Crippen LogP contribution in [0.2, 0.25) is 0 Å². The van der Waals surface area contributed by atoms with Gasteiger partial charge in [0.1, 0.15) is 5.75 Å². The average Bonchev–Trinajstić information content (AvgIpc) is 2.79. The van der Waals surface area contributed by atoms with E-state index in [2.05, 4.69) is 9.97 Å². The number of nitrogen functional groups attached to an aromatic ring is 1. The summed E-state index contributed by atoms with van der Waals surface area (Å²) in [5.74, 6) is 0.325. The fraction of sp³-hybridized carbons (Fsp3) is 0.160. The summed E-state index contributed by atoms with van der Waals surface area (Å²) in [4.78, 5) is 21.0. The molecule has 0 fully saturated rings. The number of aromatic nitrogens is 2. The van der Waals surface area contributed by atoms with Gasteiger partial charge in [0.15, 0.2) is 5.78 Å². The molecule has 0 radical (unpaired) electrons. The Balaban J connectivity index is 1.71. The van der Waals surface area contributed by atoms with Crippen LogP contribution in [0.1, 0.15) is 27.0 Å². The first-order valence-corrected chi connectivity index (χ1v) is 10.1. The lowest BCUT2D eigenvalue weighted by Gasteiger charge is -2.15. The number of nitrogens with two attached hydrogens (primary N) is 1. The molecule has 1 aromatic heterocycles. The van der Waals surface area contributed by atoms with E-state index in [-0.39, 0.29) is 17.9 Å². The Kier molecular flexibility index (Phi) is 5.76. The largest absolute Gasteiger partial charge is 0.495 e. The third-order valence-electron chi connectivity index (χ3n) is 5.41. The molecule has 5 nitrogen and oxygen atoms in total. The molecular weight excluding hydrogens is 431 g/mol. The number of hydrogen-bond acceptors (Lipinski definition) is 5. The number of carbonyl (C=O) groups is 1. The lowest BCUT2D eigenvalue weighted by atomic mass is 9.93. The molecule has 0 unspecified atom stereocenters. The topological polar surface area (TPSA) is 78.1 Å². The Morgan fingerprint density at radius 2 is 1.85 bits per heavy atom. The Morgan fingerprint density at radius 3 is 2.58 bits per heavy atom. The zero-order chi connectivity index (χ0) is 23.8. The minimum atomic E-state index is -4.51. The highest BCUT2D eigenvalue weighted by molar-refractivity contribution is 5.98. The number of ketones is 1. The van der Waals surface area contributed by atoms with E-state index in [1.165, 1.54) is 12.1 Å². The van der Waals surface area contributed by atoms with Crippen LogP contribution in [0.25, 0.3) is 22.0 Å². The van der Waals surface area contributed by atoms with Crippen LogP contribution in [-0.4, -0.2) is 22.9 Å². The van der Waals surface area contributed by atoms with Crippen molar-refractivity contribution >= 4 is 22.6 Å². The summed E-state index contributed by atoms with van der Waals surface area (Å²) in [7, 11) is 1.55. The molecule has 3 aromatic carbocycles. The van der Waals surface area contributed by atoms with Crippen molar-refractivity contribution in [3.8, 4) is 16.9 Å². The minimum Gasteiger partial charge on any atom is -0.495 e. The van der Waals surface area contributed by atoms with E-state index in [1.807, 2.05) is 31.2 Å². The number of carbonyl (C=O) groups excluding carboxylic acids is 1. The van der Waals surface area contributed by atoms with Crippen molar-refractivity contribution in [2.75, 3.05) is 12.8 Å². The van der Waals surface area contributed by atoms with Crippen LogP contribution in [0.5, 0.6) is 5.75 Å². The number of aryl methyl sites for hydroxylation is 1. The Morgan fingerprint density at radius 1 is 1.06 bits per heavy atom. The predicted octanol–water partition coefficient (Wildman–Crippen LogP) is 5.64. The molecule has 0 aliphatic heterocycles. The van der Waals surface area contributed by atoms with Gasteiger partial charge >= 0.3 is 6.18 Å². The molecule has 0 amide bonds. The number of benzene rings is 3. The van der Waals surface area contributed by atoms with Gasteiger partial charge in [-0.05, 0) is 47.9 Å². The van der Waals surface area contributed by atoms with Gasteiger partial charge in [-0.2, -0.15) is 13.2 Å². The highest BCUT2D eigenvalue weighted by Gasteiger charge is 2.30. The number of anilines is 1. The predicted molar refractivity (Wildman–Crippen MR) is 120 cm³/mol. The van der Waals surface area contributed by atoms with Gasteiger partial charge in [0, 0.05) is 23.7 Å². The van der Waals surface area contributed by atoms with Gasteiger partial charge in [-0.3, -0.25) is 4.79 Å². The second-order valence-electron chi connectivity index (χ2n) is 7.64. The molecule has 0 spiro atoms. The molecule has 0 bridgehead atoms. The third kappa shape index (κ3) is 4.50. The zero-order valence-electron chi connectivity index (χ0n) is 17.9. The van der Waals surface area contributed by atoms with Gasteiger partial charge < -0.3 is 10.5 Å². The summed E-state index contributed by atoms with van der Waals surface area (Å²) in [5, 5.41) is 0.689. The second kappa shape index (κ2) is 8.54. The smallest absolute Gasteiger partial charge is 0.416 e. The van der Waals surface area contributed by atoms with Crippen molar-refractivity contribution in [2.45, 2.75) is 19.5 Å². The monoisotopic (exact) mass is 451 g/mol.